The summed E-state index contributed by atoms with van der Waals surface area (Å²) in [4.78, 5) is 20.4. The van der Waals surface area contributed by atoms with Crippen LogP contribution in [-0.4, -0.2) is 33.0 Å². The standard InChI is InChI=1S/C14H20N4OS/c1-14(5-2-6-20-14)9-17-13(19)18-11-7-15-12(16-8-11)10-3-4-10/h7-8,10H,2-6,9H2,1H3,(H2,17,18,19). The molecule has 6 heteroatoms. The maximum atomic E-state index is 11.9. The SMILES string of the molecule is CC1(CNC(=O)Nc2cnc(C3CC3)nc2)CCCS1. The minimum Gasteiger partial charge on any atom is -0.336 e. The van der Waals surface area contributed by atoms with Crippen molar-refractivity contribution in [3.05, 3.63) is 18.2 Å². The Morgan fingerprint density at radius 1 is 1.45 bits per heavy atom. The zero-order chi connectivity index (χ0) is 14.0. The van der Waals surface area contributed by atoms with Gasteiger partial charge in [-0.05, 0) is 38.4 Å². The number of thioether (sulfide) groups is 1. The largest absolute Gasteiger partial charge is 0.336 e. The summed E-state index contributed by atoms with van der Waals surface area (Å²) < 4.78 is 0.184. The molecule has 108 valence electrons. The van der Waals surface area contributed by atoms with Crippen LogP contribution in [0.15, 0.2) is 12.4 Å². The van der Waals surface area contributed by atoms with E-state index in [2.05, 4.69) is 27.5 Å². The number of anilines is 1. The van der Waals surface area contributed by atoms with Gasteiger partial charge in [-0.1, -0.05) is 0 Å². The van der Waals surface area contributed by atoms with Gasteiger partial charge in [-0.15, -0.1) is 0 Å². The second-order valence-electron chi connectivity index (χ2n) is 5.81. The summed E-state index contributed by atoms with van der Waals surface area (Å²) >= 11 is 1.94. The van der Waals surface area contributed by atoms with Crippen molar-refractivity contribution < 1.29 is 4.79 Å². The van der Waals surface area contributed by atoms with Gasteiger partial charge in [0.25, 0.3) is 0 Å². The number of aromatic nitrogens is 2. The topological polar surface area (TPSA) is 66.9 Å². The Balaban J connectivity index is 1.48. The van der Waals surface area contributed by atoms with E-state index < -0.39 is 0 Å². The quantitative estimate of drug-likeness (QED) is 0.895. The van der Waals surface area contributed by atoms with E-state index in [1.54, 1.807) is 12.4 Å². The van der Waals surface area contributed by atoms with E-state index in [9.17, 15) is 4.79 Å². The van der Waals surface area contributed by atoms with Gasteiger partial charge in [0.05, 0.1) is 18.1 Å². The van der Waals surface area contributed by atoms with Crippen LogP contribution >= 0.6 is 11.8 Å². The normalized spacial score (nSPS) is 25.4. The molecule has 1 aromatic heterocycles. The summed E-state index contributed by atoms with van der Waals surface area (Å²) in [7, 11) is 0. The van der Waals surface area contributed by atoms with Crippen LogP contribution < -0.4 is 10.6 Å². The third-order valence-corrected chi connectivity index (χ3v) is 5.33. The van der Waals surface area contributed by atoms with Crippen LogP contribution in [0.4, 0.5) is 10.5 Å². The Morgan fingerprint density at radius 2 is 2.20 bits per heavy atom. The van der Waals surface area contributed by atoms with Crippen molar-refractivity contribution in [3.63, 3.8) is 0 Å². The second kappa shape index (κ2) is 5.60. The molecule has 20 heavy (non-hydrogen) atoms. The molecule has 1 unspecified atom stereocenters. The highest BCUT2D eigenvalue weighted by atomic mass is 32.2. The molecule has 1 aromatic rings. The highest BCUT2D eigenvalue weighted by molar-refractivity contribution is 8.00. The fraction of sp³-hybridized carbons (Fsp3) is 0.643. The smallest absolute Gasteiger partial charge is 0.319 e. The summed E-state index contributed by atoms with van der Waals surface area (Å²) in [5, 5.41) is 5.72. The zero-order valence-electron chi connectivity index (χ0n) is 11.7. The molecule has 2 aliphatic rings. The predicted octanol–water partition coefficient (Wildman–Crippen LogP) is 2.76. The van der Waals surface area contributed by atoms with Crippen LogP contribution in [0.3, 0.4) is 0 Å². The molecular formula is C14H20N4OS. The van der Waals surface area contributed by atoms with Crippen LogP contribution in [0.5, 0.6) is 0 Å². The van der Waals surface area contributed by atoms with Crippen molar-refractivity contribution >= 4 is 23.5 Å². The number of carbonyl (C=O) groups excluding carboxylic acids is 1. The summed E-state index contributed by atoms with van der Waals surface area (Å²) in [6, 6.07) is -0.179. The molecule has 0 bridgehead atoms. The molecule has 2 fully saturated rings. The fourth-order valence-corrected chi connectivity index (χ4v) is 3.62. The fourth-order valence-electron chi connectivity index (χ4n) is 2.37. The molecule has 0 spiro atoms. The number of hydrogen-bond acceptors (Lipinski definition) is 4. The second-order valence-corrected chi connectivity index (χ2v) is 7.50. The van der Waals surface area contributed by atoms with Crippen LogP contribution in [0.2, 0.25) is 0 Å². The molecule has 0 radical (unpaired) electrons. The number of urea groups is 1. The maximum absolute atomic E-state index is 11.9. The Kier molecular flexibility index (Phi) is 3.83. The lowest BCUT2D eigenvalue weighted by Crippen LogP contribution is -2.39. The van der Waals surface area contributed by atoms with Crippen molar-refractivity contribution in [1.82, 2.24) is 15.3 Å². The highest BCUT2D eigenvalue weighted by Gasteiger charge is 2.29. The minimum absolute atomic E-state index is 0.179. The average Bonchev–Trinajstić information content (AvgIpc) is 3.20. The van der Waals surface area contributed by atoms with Gasteiger partial charge in [0.1, 0.15) is 5.82 Å². The highest BCUT2D eigenvalue weighted by Crippen LogP contribution is 2.38. The first-order valence-corrected chi connectivity index (χ1v) is 8.14. The van der Waals surface area contributed by atoms with Crippen LogP contribution in [0, 0.1) is 0 Å². The molecule has 1 aliphatic heterocycles. The van der Waals surface area contributed by atoms with Gasteiger partial charge >= 0.3 is 6.03 Å². The van der Waals surface area contributed by atoms with Crippen LogP contribution in [-0.2, 0) is 0 Å². The zero-order valence-corrected chi connectivity index (χ0v) is 12.5. The summed E-state index contributed by atoms with van der Waals surface area (Å²) in [6.45, 7) is 2.91. The number of amides is 2. The van der Waals surface area contributed by atoms with Crippen molar-refractivity contribution in [2.24, 2.45) is 0 Å². The van der Waals surface area contributed by atoms with E-state index in [1.807, 2.05) is 11.8 Å². The first-order chi connectivity index (χ1) is 9.65. The molecule has 1 saturated heterocycles. The molecule has 2 N–H and O–H groups in total. The van der Waals surface area contributed by atoms with Crippen LogP contribution in [0.1, 0.15) is 44.3 Å². The lowest BCUT2D eigenvalue weighted by atomic mass is 10.1. The predicted molar refractivity (Wildman–Crippen MR) is 81.1 cm³/mol. The van der Waals surface area contributed by atoms with Gasteiger partial charge in [-0.2, -0.15) is 11.8 Å². The molecule has 1 saturated carbocycles. The molecule has 3 rings (SSSR count). The third-order valence-electron chi connectivity index (χ3n) is 3.80. The Labute approximate surface area is 123 Å². The van der Waals surface area contributed by atoms with Gasteiger partial charge in [-0.3, -0.25) is 0 Å². The van der Waals surface area contributed by atoms with Crippen molar-refractivity contribution in [2.45, 2.75) is 43.3 Å². The summed E-state index contributed by atoms with van der Waals surface area (Å²) in [5.41, 5.74) is 0.649. The molecule has 2 amide bonds. The lowest BCUT2D eigenvalue weighted by Gasteiger charge is -2.22. The van der Waals surface area contributed by atoms with E-state index >= 15 is 0 Å². The number of rotatable bonds is 4. The third kappa shape index (κ3) is 3.42. The number of nitrogens with zero attached hydrogens (tertiary/aromatic N) is 2. The van der Waals surface area contributed by atoms with E-state index in [1.165, 1.54) is 25.0 Å². The van der Waals surface area contributed by atoms with E-state index in [-0.39, 0.29) is 10.8 Å². The van der Waals surface area contributed by atoms with Crippen molar-refractivity contribution in [1.29, 1.82) is 0 Å². The van der Waals surface area contributed by atoms with Gasteiger partial charge in [-0.25, -0.2) is 14.8 Å². The maximum Gasteiger partial charge on any atom is 0.319 e. The first-order valence-electron chi connectivity index (χ1n) is 7.15. The lowest BCUT2D eigenvalue weighted by molar-refractivity contribution is 0.251. The van der Waals surface area contributed by atoms with Crippen LogP contribution in [0.25, 0.3) is 0 Å². The minimum atomic E-state index is -0.179. The van der Waals surface area contributed by atoms with Gasteiger partial charge in [0.15, 0.2) is 0 Å². The van der Waals surface area contributed by atoms with Crippen molar-refractivity contribution in [3.8, 4) is 0 Å². The van der Waals surface area contributed by atoms with Gasteiger partial charge < -0.3 is 10.6 Å². The number of nitrogens with one attached hydrogen (secondary N) is 2. The van der Waals surface area contributed by atoms with Gasteiger partial charge in [0.2, 0.25) is 0 Å². The molecule has 1 atom stereocenters. The Morgan fingerprint density at radius 3 is 2.80 bits per heavy atom. The molecule has 0 aromatic carbocycles. The van der Waals surface area contributed by atoms with E-state index in [0.29, 0.717) is 18.2 Å². The van der Waals surface area contributed by atoms with Crippen molar-refractivity contribution in [2.75, 3.05) is 17.6 Å². The number of hydrogen-bond donors (Lipinski definition) is 2. The molecule has 5 nitrogen and oxygen atoms in total. The summed E-state index contributed by atoms with van der Waals surface area (Å²) in [5.74, 6) is 2.62. The number of carbonyl (C=O) groups is 1. The molecule has 1 aliphatic carbocycles. The first kappa shape index (κ1) is 13.7. The van der Waals surface area contributed by atoms with Gasteiger partial charge in [0, 0.05) is 17.2 Å². The Hall–Kier alpha value is -1.30. The van der Waals surface area contributed by atoms with E-state index in [0.717, 1.165) is 12.2 Å². The monoisotopic (exact) mass is 292 g/mol. The molecular weight excluding hydrogens is 272 g/mol. The van der Waals surface area contributed by atoms with E-state index in [4.69, 9.17) is 0 Å². The Bertz CT molecular complexity index is 480. The average molecular weight is 292 g/mol. The molecule has 2 heterocycles. The summed E-state index contributed by atoms with van der Waals surface area (Å²) in [6.07, 6.45) is 8.14.